The van der Waals surface area contributed by atoms with E-state index in [1.54, 1.807) is 48.5 Å². The van der Waals surface area contributed by atoms with Crippen LogP contribution in [0.4, 0.5) is 0 Å². The second-order valence-corrected chi connectivity index (χ2v) is 9.71. The Morgan fingerprint density at radius 3 is 1.35 bits per heavy atom. The van der Waals surface area contributed by atoms with E-state index in [4.69, 9.17) is 40.8 Å². The molecular formula is C34H35ClO5. The van der Waals surface area contributed by atoms with E-state index in [2.05, 4.69) is 0 Å². The lowest BCUT2D eigenvalue weighted by atomic mass is 9.99. The number of hydrogen-bond donors (Lipinski definition) is 0. The van der Waals surface area contributed by atoms with Crippen molar-refractivity contribution in [3.63, 3.8) is 0 Å². The molecule has 0 aromatic heterocycles. The van der Waals surface area contributed by atoms with Crippen LogP contribution in [0.2, 0.25) is 0 Å². The monoisotopic (exact) mass is 562 g/mol. The summed E-state index contributed by atoms with van der Waals surface area (Å²) in [5.41, 5.74) is 1.35. The molecule has 4 aromatic carbocycles. The Labute approximate surface area is 247 Å². The van der Waals surface area contributed by atoms with Gasteiger partial charge in [-0.05, 0) is 22.3 Å². The molecule has 1 heterocycles. The van der Waals surface area contributed by atoms with Crippen LogP contribution in [0.1, 0.15) is 27.7 Å². The maximum Gasteiger partial charge on any atom is 0.160 e. The summed E-state index contributed by atoms with van der Waals surface area (Å²) in [7, 11) is 0. The first kappa shape index (κ1) is 23.7. The highest BCUT2D eigenvalue weighted by Gasteiger charge is 2.47. The number of rotatable bonds is 13. The van der Waals surface area contributed by atoms with E-state index >= 15 is 0 Å². The second kappa shape index (κ2) is 15.1. The van der Waals surface area contributed by atoms with Gasteiger partial charge >= 0.3 is 0 Å². The van der Waals surface area contributed by atoms with Crippen molar-refractivity contribution in [3.05, 3.63) is 144 Å². The van der Waals surface area contributed by atoms with Crippen LogP contribution in [-0.2, 0) is 50.0 Å². The third kappa shape index (κ3) is 8.24. The van der Waals surface area contributed by atoms with Crippen molar-refractivity contribution in [1.29, 1.82) is 0 Å². The van der Waals surface area contributed by atoms with Crippen molar-refractivity contribution in [3.8, 4) is 0 Å². The molecule has 5 unspecified atom stereocenters. The Hall–Kier alpha value is -3.03. The average Bonchev–Trinajstić information content (AvgIpc) is 3.07. The molecule has 1 aliphatic rings. The molecule has 1 aliphatic heterocycles. The second-order valence-electron chi connectivity index (χ2n) is 9.28. The molecule has 0 radical (unpaired) electrons. The van der Waals surface area contributed by atoms with Gasteiger partial charge in [-0.3, -0.25) is 0 Å². The predicted molar refractivity (Wildman–Crippen MR) is 156 cm³/mol. The third-order valence-electron chi connectivity index (χ3n) is 6.34. The molecule has 0 amide bonds. The molecular weight excluding hydrogens is 524 g/mol. The zero-order chi connectivity index (χ0) is 30.9. The minimum Gasteiger partial charge on any atom is -0.374 e. The Bertz CT molecular complexity index is 1390. The summed E-state index contributed by atoms with van der Waals surface area (Å²) in [6.07, 6.45) is -4.00. The average molecular weight is 563 g/mol. The Morgan fingerprint density at radius 2 is 0.900 bits per heavy atom. The van der Waals surface area contributed by atoms with E-state index in [0.29, 0.717) is 22.3 Å². The third-order valence-corrected chi connectivity index (χ3v) is 6.69. The van der Waals surface area contributed by atoms with Crippen LogP contribution >= 0.6 is 11.6 Å². The van der Waals surface area contributed by atoms with Crippen LogP contribution in [0.15, 0.2) is 121 Å². The molecule has 0 spiro atoms. The molecule has 9 atom stereocenters. The van der Waals surface area contributed by atoms with Crippen LogP contribution in [0.5, 0.6) is 0 Å². The van der Waals surface area contributed by atoms with Crippen LogP contribution < -0.4 is 0 Å². The summed E-state index contributed by atoms with van der Waals surface area (Å²) in [6, 6.07) is 36.2. The van der Waals surface area contributed by atoms with Crippen LogP contribution in [0.3, 0.4) is 0 Å². The first-order chi connectivity index (χ1) is 21.4. The minimum atomic E-state index is -1.16. The van der Waals surface area contributed by atoms with Gasteiger partial charge < -0.3 is 23.7 Å². The fraction of sp³-hybridized carbons (Fsp3) is 0.294. The van der Waals surface area contributed by atoms with Crippen LogP contribution in [-0.4, -0.2) is 36.6 Å². The molecule has 1 saturated heterocycles. The van der Waals surface area contributed by atoms with Crippen molar-refractivity contribution in [2.75, 3.05) is 6.61 Å². The zero-order valence-electron chi connectivity index (χ0n) is 25.9. The number of alkyl halides is 1. The molecule has 5 nitrogen and oxygen atoms in total. The lowest BCUT2D eigenvalue weighted by Crippen LogP contribution is -2.59. The predicted octanol–water partition coefficient (Wildman–Crippen LogP) is 6.92. The molecule has 1 fully saturated rings. The zero-order valence-corrected chi connectivity index (χ0v) is 22.6. The van der Waals surface area contributed by atoms with Gasteiger partial charge in [0.2, 0.25) is 0 Å². The maximum atomic E-state index is 8.86. The van der Waals surface area contributed by atoms with Gasteiger partial charge in [-0.1, -0.05) is 133 Å². The largest absolute Gasteiger partial charge is 0.374 e. The normalized spacial score (nSPS) is 27.3. The van der Waals surface area contributed by atoms with Gasteiger partial charge in [0, 0.05) is 0 Å². The first-order valence-corrected chi connectivity index (χ1v) is 13.6. The standard InChI is InChI=1S/C34H35ClO5/c35-34-33(39-24-29-19-11-4-12-20-29)32(38-23-28-17-9-3-10-18-28)31(37-22-27-15-7-2-8-16-27)30(40-34)25-36-21-26-13-5-1-6-14-26/h1-20,30-34H,21-25H2/t30-,31+,32+,33-,34?/m1/s1/i21D,22D,23D,24D/t21?,22?,23?,24?,30-,31+,32+,33-,34?. The van der Waals surface area contributed by atoms with Gasteiger partial charge in [-0.25, -0.2) is 0 Å². The summed E-state index contributed by atoms with van der Waals surface area (Å²) in [5.74, 6) is 0. The topological polar surface area (TPSA) is 46.2 Å². The molecule has 6 heteroatoms. The van der Waals surface area contributed by atoms with Crippen molar-refractivity contribution in [2.24, 2.45) is 0 Å². The Morgan fingerprint density at radius 1 is 0.525 bits per heavy atom. The van der Waals surface area contributed by atoms with Crippen molar-refractivity contribution < 1.29 is 29.2 Å². The van der Waals surface area contributed by atoms with Gasteiger partial charge in [0.25, 0.3) is 0 Å². The highest BCUT2D eigenvalue weighted by atomic mass is 35.5. The molecule has 0 saturated carbocycles. The van der Waals surface area contributed by atoms with E-state index in [1.165, 1.54) is 0 Å². The van der Waals surface area contributed by atoms with Crippen LogP contribution in [0, 0.1) is 0 Å². The SMILES string of the molecule is [2H]C(OC[C@H]1OC(Cl)[C@H](OC([2H])c2ccccc2)[C@@H](OC([2H])c2ccccc2)[C@H]1OC([2H])c1ccccc1)c1ccccc1. The molecule has 40 heavy (non-hydrogen) atoms. The molecule has 4 aromatic rings. The van der Waals surface area contributed by atoms with E-state index < -0.39 is 56.3 Å². The highest BCUT2D eigenvalue weighted by Crippen LogP contribution is 2.32. The molecule has 0 bridgehead atoms. The summed E-state index contributed by atoms with van der Waals surface area (Å²) >= 11 is 6.81. The van der Waals surface area contributed by atoms with E-state index in [0.717, 1.165) is 0 Å². The smallest absolute Gasteiger partial charge is 0.160 e. The number of ether oxygens (including phenoxy) is 5. The Kier molecular flexibility index (Phi) is 8.93. The van der Waals surface area contributed by atoms with Gasteiger partial charge in [0.1, 0.15) is 24.4 Å². The molecule has 0 aliphatic carbocycles. The number of hydrogen-bond acceptors (Lipinski definition) is 5. The molecule has 0 N–H and O–H groups in total. The quantitative estimate of drug-likeness (QED) is 0.165. The van der Waals surface area contributed by atoms with E-state index in [9.17, 15) is 0 Å². The molecule has 208 valence electrons. The van der Waals surface area contributed by atoms with E-state index in [1.807, 2.05) is 72.8 Å². The Balaban J connectivity index is 1.46. The van der Waals surface area contributed by atoms with Crippen molar-refractivity contribution in [1.82, 2.24) is 0 Å². The lowest BCUT2D eigenvalue weighted by molar-refractivity contribution is -0.256. The van der Waals surface area contributed by atoms with Crippen LogP contribution in [0.25, 0.3) is 0 Å². The number of halogens is 1. The highest BCUT2D eigenvalue weighted by molar-refractivity contribution is 6.20. The fourth-order valence-electron chi connectivity index (χ4n) is 4.30. The van der Waals surface area contributed by atoms with Gasteiger partial charge in [-0.2, -0.15) is 0 Å². The maximum absolute atomic E-state index is 8.86. The first-order valence-electron chi connectivity index (χ1n) is 15.5. The molecule has 5 rings (SSSR count). The van der Waals surface area contributed by atoms with Gasteiger partial charge in [-0.15, -0.1) is 0 Å². The summed E-state index contributed by atoms with van der Waals surface area (Å²) < 4.78 is 66.0. The minimum absolute atomic E-state index is 0.109. The van der Waals surface area contributed by atoms with Crippen molar-refractivity contribution >= 4 is 11.6 Å². The lowest BCUT2D eigenvalue weighted by Gasteiger charge is -2.44. The van der Waals surface area contributed by atoms with Gasteiger partial charge in [0.15, 0.2) is 5.56 Å². The fourth-order valence-corrected chi connectivity index (χ4v) is 4.63. The summed E-state index contributed by atoms with van der Waals surface area (Å²) in [6.45, 7) is -4.55. The van der Waals surface area contributed by atoms with Crippen molar-refractivity contribution in [2.45, 2.75) is 56.3 Å². The summed E-state index contributed by atoms with van der Waals surface area (Å²) in [5, 5.41) is 0. The van der Waals surface area contributed by atoms with Gasteiger partial charge in [0.05, 0.1) is 38.4 Å². The summed E-state index contributed by atoms with van der Waals surface area (Å²) in [4.78, 5) is 0. The number of benzene rings is 4. The van der Waals surface area contributed by atoms with E-state index in [-0.39, 0.29) is 6.61 Å².